The largest absolute Gasteiger partial charge is 0.497 e. The molecule has 5 rings (SSSR count). The van der Waals surface area contributed by atoms with Crippen LogP contribution in [-0.2, 0) is 4.79 Å². The van der Waals surface area contributed by atoms with Crippen molar-refractivity contribution in [2.45, 2.75) is 18.4 Å². The summed E-state index contributed by atoms with van der Waals surface area (Å²) in [5.41, 5.74) is 1.85. The first-order chi connectivity index (χ1) is 13.2. The second-order valence-electron chi connectivity index (χ2n) is 6.76. The Morgan fingerprint density at radius 3 is 2.85 bits per heavy atom. The molecule has 1 aromatic carbocycles. The van der Waals surface area contributed by atoms with E-state index in [1.54, 1.807) is 18.1 Å². The van der Waals surface area contributed by atoms with Gasteiger partial charge in [0.2, 0.25) is 5.95 Å². The molecule has 0 amide bonds. The van der Waals surface area contributed by atoms with Crippen LogP contribution >= 0.6 is 0 Å². The molecule has 2 aliphatic rings. The molecule has 7 heteroatoms. The molecular weight excluding hydrogens is 344 g/mol. The van der Waals surface area contributed by atoms with E-state index >= 15 is 0 Å². The predicted octanol–water partition coefficient (Wildman–Crippen LogP) is 3.15. The molecule has 0 radical (unpaired) electrons. The number of nitrogens with zero attached hydrogens (tertiary/aromatic N) is 3. The first kappa shape index (κ1) is 15.9. The molecule has 1 aliphatic carbocycles. The van der Waals surface area contributed by atoms with Gasteiger partial charge in [0.1, 0.15) is 23.6 Å². The lowest BCUT2D eigenvalue weighted by Crippen LogP contribution is -2.40. The Morgan fingerprint density at radius 2 is 2.11 bits per heavy atom. The monoisotopic (exact) mass is 362 g/mol. The number of hydrogen-bond donors (Lipinski definition) is 1. The molecule has 0 unspecified atom stereocenters. The molecule has 3 atom stereocenters. The van der Waals surface area contributed by atoms with Crippen LogP contribution in [0, 0.1) is 5.92 Å². The first-order valence-corrected chi connectivity index (χ1v) is 8.83. The zero-order valence-electron chi connectivity index (χ0n) is 14.7. The average Bonchev–Trinajstić information content (AvgIpc) is 3.38. The Bertz CT molecular complexity index is 1000. The second kappa shape index (κ2) is 6.12. The van der Waals surface area contributed by atoms with Gasteiger partial charge in [0.05, 0.1) is 25.3 Å². The number of anilines is 1. The highest BCUT2D eigenvalue weighted by Crippen LogP contribution is 2.44. The van der Waals surface area contributed by atoms with Gasteiger partial charge in [0, 0.05) is 18.0 Å². The number of furan rings is 1. The summed E-state index contributed by atoms with van der Waals surface area (Å²) in [6.07, 6.45) is 5.63. The number of allylic oxidation sites excluding steroid dienone is 2. The highest BCUT2D eigenvalue weighted by atomic mass is 16.5. The van der Waals surface area contributed by atoms with E-state index in [2.05, 4.69) is 21.5 Å². The molecule has 3 heterocycles. The molecule has 7 nitrogen and oxygen atoms in total. The van der Waals surface area contributed by atoms with E-state index in [9.17, 15) is 4.79 Å². The average molecular weight is 362 g/mol. The summed E-state index contributed by atoms with van der Waals surface area (Å²) >= 11 is 0. The number of fused-ring (bicyclic) bond motifs is 2. The number of hydrogen-bond acceptors (Lipinski definition) is 6. The third-order valence-corrected chi connectivity index (χ3v) is 5.26. The number of nitrogens with one attached hydrogen (secondary N) is 1. The van der Waals surface area contributed by atoms with Crippen molar-refractivity contribution in [2.75, 3.05) is 12.4 Å². The molecule has 0 spiro atoms. The van der Waals surface area contributed by atoms with E-state index in [-0.39, 0.29) is 23.7 Å². The van der Waals surface area contributed by atoms with Crippen LogP contribution in [0.5, 0.6) is 5.75 Å². The van der Waals surface area contributed by atoms with Crippen LogP contribution in [0.25, 0.3) is 0 Å². The zero-order valence-corrected chi connectivity index (χ0v) is 14.7. The summed E-state index contributed by atoms with van der Waals surface area (Å²) in [5.74, 6) is 1.95. The van der Waals surface area contributed by atoms with Crippen molar-refractivity contribution in [2.24, 2.45) is 5.92 Å². The Morgan fingerprint density at radius 1 is 1.26 bits per heavy atom. The predicted molar refractivity (Wildman–Crippen MR) is 97.4 cm³/mol. The van der Waals surface area contributed by atoms with E-state index in [1.807, 2.05) is 36.4 Å². The Labute approximate surface area is 155 Å². The van der Waals surface area contributed by atoms with Crippen molar-refractivity contribution in [1.82, 2.24) is 14.8 Å². The number of carbonyl (C=O) groups is 1. The number of benzene rings is 1. The highest BCUT2D eigenvalue weighted by Gasteiger charge is 2.43. The summed E-state index contributed by atoms with van der Waals surface area (Å²) in [5, 5.41) is 7.65. The molecule has 3 aromatic rings. The van der Waals surface area contributed by atoms with Gasteiger partial charge in [-0.2, -0.15) is 10.1 Å². The third-order valence-electron chi connectivity index (χ3n) is 5.26. The topological polar surface area (TPSA) is 82.2 Å². The standard InChI is InChI=1S/C20H18N4O3/c1-26-14-6-4-12(5-7-14)19-18-15(23-20-21-11-22-24(19)20)9-13(10-16(18)25)17-3-2-8-27-17/h2-9,11,13,18-19H,10H2,1H3,(H,21,22,23)/t13-,18-,19-/m1/s1. The van der Waals surface area contributed by atoms with Crippen molar-refractivity contribution in [3.05, 3.63) is 72.1 Å². The number of carbonyl (C=O) groups excluding carboxylic acids is 1. The summed E-state index contributed by atoms with van der Waals surface area (Å²) < 4.78 is 12.6. The quantitative estimate of drug-likeness (QED) is 0.771. The van der Waals surface area contributed by atoms with Crippen molar-refractivity contribution in [3.8, 4) is 5.75 Å². The summed E-state index contributed by atoms with van der Waals surface area (Å²) in [4.78, 5) is 17.5. The minimum absolute atomic E-state index is 0.0720. The summed E-state index contributed by atoms with van der Waals surface area (Å²) in [7, 11) is 1.63. The van der Waals surface area contributed by atoms with Gasteiger partial charge in [0.25, 0.3) is 0 Å². The lowest BCUT2D eigenvalue weighted by molar-refractivity contribution is -0.123. The van der Waals surface area contributed by atoms with Gasteiger partial charge < -0.3 is 14.5 Å². The fraction of sp³-hybridized carbons (Fsp3) is 0.250. The smallest absolute Gasteiger partial charge is 0.226 e. The Hall–Kier alpha value is -3.35. The molecular formula is C20H18N4O3. The summed E-state index contributed by atoms with van der Waals surface area (Å²) in [6.45, 7) is 0. The zero-order chi connectivity index (χ0) is 18.4. The van der Waals surface area contributed by atoms with Gasteiger partial charge in [-0.3, -0.25) is 4.79 Å². The molecule has 0 saturated carbocycles. The maximum absolute atomic E-state index is 13.2. The van der Waals surface area contributed by atoms with Crippen LogP contribution in [0.1, 0.15) is 29.7 Å². The van der Waals surface area contributed by atoms with Crippen LogP contribution in [0.4, 0.5) is 5.95 Å². The molecule has 0 fully saturated rings. The number of aromatic nitrogens is 3. The first-order valence-electron chi connectivity index (χ1n) is 8.83. The Kier molecular flexibility index (Phi) is 3.60. The Balaban J connectivity index is 1.60. The minimum Gasteiger partial charge on any atom is -0.497 e. The molecule has 2 aromatic heterocycles. The van der Waals surface area contributed by atoms with Crippen molar-refractivity contribution in [3.63, 3.8) is 0 Å². The lowest BCUT2D eigenvalue weighted by Gasteiger charge is -2.37. The van der Waals surface area contributed by atoms with E-state index < -0.39 is 0 Å². The number of Topliss-reactive ketones (excluding diaryl/α,β-unsaturated/α-hetero) is 1. The van der Waals surface area contributed by atoms with E-state index in [4.69, 9.17) is 9.15 Å². The van der Waals surface area contributed by atoms with Gasteiger partial charge in [-0.05, 0) is 29.8 Å². The van der Waals surface area contributed by atoms with Crippen LogP contribution in [-0.4, -0.2) is 27.7 Å². The molecule has 136 valence electrons. The fourth-order valence-corrected chi connectivity index (χ4v) is 4.00. The highest BCUT2D eigenvalue weighted by molar-refractivity contribution is 5.88. The van der Waals surface area contributed by atoms with E-state index in [0.717, 1.165) is 22.8 Å². The summed E-state index contributed by atoms with van der Waals surface area (Å²) in [6, 6.07) is 11.3. The number of ketones is 1. The van der Waals surface area contributed by atoms with E-state index in [0.29, 0.717) is 12.4 Å². The van der Waals surface area contributed by atoms with Crippen molar-refractivity contribution < 1.29 is 13.9 Å². The van der Waals surface area contributed by atoms with Gasteiger partial charge >= 0.3 is 0 Å². The van der Waals surface area contributed by atoms with Gasteiger partial charge in [0.15, 0.2) is 0 Å². The van der Waals surface area contributed by atoms with Gasteiger partial charge in [-0.1, -0.05) is 18.2 Å². The van der Waals surface area contributed by atoms with Crippen LogP contribution in [0.2, 0.25) is 0 Å². The third kappa shape index (κ3) is 2.54. The molecule has 27 heavy (non-hydrogen) atoms. The second-order valence-corrected chi connectivity index (χ2v) is 6.76. The lowest BCUT2D eigenvalue weighted by atomic mass is 9.77. The van der Waals surface area contributed by atoms with Crippen LogP contribution in [0.15, 0.2) is 65.2 Å². The molecule has 1 aliphatic heterocycles. The number of methoxy groups -OCH3 is 1. The number of rotatable bonds is 3. The van der Waals surface area contributed by atoms with Crippen LogP contribution < -0.4 is 10.1 Å². The van der Waals surface area contributed by atoms with Crippen molar-refractivity contribution in [1.29, 1.82) is 0 Å². The maximum Gasteiger partial charge on any atom is 0.226 e. The van der Waals surface area contributed by atoms with Crippen LogP contribution in [0.3, 0.4) is 0 Å². The minimum atomic E-state index is -0.334. The van der Waals surface area contributed by atoms with E-state index in [1.165, 1.54) is 6.33 Å². The SMILES string of the molecule is COc1ccc([C@@H]2[C@H]3C(=O)C[C@H](c4ccco4)C=C3Nc3ncnn32)cc1. The molecule has 0 bridgehead atoms. The normalized spacial score (nSPS) is 23.8. The maximum atomic E-state index is 13.2. The molecule has 1 N–H and O–H groups in total. The van der Waals surface area contributed by atoms with Crippen molar-refractivity contribution >= 4 is 11.7 Å². The van der Waals surface area contributed by atoms with Gasteiger partial charge in [-0.15, -0.1) is 0 Å². The fourth-order valence-electron chi connectivity index (χ4n) is 4.00. The van der Waals surface area contributed by atoms with Gasteiger partial charge in [-0.25, -0.2) is 4.68 Å². The number of ether oxygens (including phenoxy) is 1. The molecule has 0 saturated heterocycles.